The molecule has 0 aliphatic heterocycles. The van der Waals surface area contributed by atoms with Gasteiger partial charge >= 0.3 is 10.2 Å². The van der Waals surface area contributed by atoms with E-state index in [9.17, 15) is 18.3 Å². The zero-order chi connectivity index (χ0) is 11.2. The highest BCUT2D eigenvalue weighted by Gasteiger charge is 2.29. The predicted octanol–water partition coefficient (Wildman–Crippen LogP) is -1.22. The van der Waals surface area contributed by atoms with E-state index in [2.05, 4.69) is 0 Å². The average Bonchev–Trinajstić information content (AvgIpc) is 2.81. The predicted molar refractivity (Wildman–Crippen MR) is 49.2 cm³/mol. The molecular formula is C8H9N2O4S-. The van der Waals surface area contributed by atoms with Crippen molar-refractivity contribution in [3.8, 4) is 0 Å². The molecule has 0 bridgehead atoms. The van der Waals surface area contributed by atoms with Crippen LogP contribution < -0.4 is 10.2 Å². The van der Waals surface area contributed by atoms with Crippen molar-refractivity contribution >= 4 is 16.2 Å². The van der Waals surface area contributed by atoms with Crippen molar-refractivity contribution in [3.63, 3.8) is 0 Å². The minimum absolute atomic E-state index is 0.126. The van der Waals surface area contributed by atoms with E-state index in [0.29, 0.717) is 9.54 Å². The van der Waals surface area contributed by atoms with Gasteiger partial charge in [-0.25, -0.2) is 9.11 Å². The number of hydrogen-bond donors (Lipinski definition) is 1. The third-order valence-electron chi connectivity index (χ3n) is 2.37. The average molecular weight is 229 g/mol. The van der Waals surface area contributed by atoms with E-state index >= 15 is 0 Å². The first-order valence-electron chi connectivity index (χ1n) is 4.37. The monoisotopic (exact) mass is 229 g/mol. The Balaban J connectivity index is 2.61. The van der Waals surface area contributed by atoms with Crippen molar-refractivity contribution in [3.05, 3.63) is 23.5 Å². The number of rotatable bonds is 3. The fourth-order valence-electron chi connectivity index (χ4n) is 1.57. The molecule has 0 amide bonds. The lowest BCUT2D eigenvalue weighted by Crippen LogP contribution is -2.31. The molecule has 2 rings (SSSR count). The molecule has 1 aliphatic carbocycles. The second-order valence-corrected chi connectivity index (χ2v) is 4.95. The van der Waals surface area contributed by atoms with Crippen LogP contribution >= 0.6 is 0 Å². The van der Waals surface area contributed by atoms with Crippen LogP contribution in [0.4, 0.5) is 0 Å². The SMILES string of the molecule is NS(=O)(=O)n1ccc(C2CC2)c1C(=O)[O-]. The molecule has 2 N–H and O–H groups in total. The van der Waals surface area contributed by atoms with Gasteiger partial charge in [0.15, 0.2) is 0 Å². The molecule has 1 heterocycles. The number of hydrogen-bond acceptors (Lipinski definition) is 4. The van der Waals surface area contributed by atoms with Crippen molar-refractivity contribution < 1.29 is 18.3 Å². The molecule has 7 heteroatoms. The maximum Gasteiger partial charge on any atom is 0.302 e. The van der Waals surface area contributed by atoms with E-state index in [1.807, 2.05) is 0 Å². The molecule has 15 heavy (non-hydrogen) atoms. The lowest BCUT2D eigenvalue weighted by molar-refractivity contribution is -0.255. The van der Waals surface area contributed by atoms with Gasteiger partial charge in [0.2, 0.25) is 0 Å². The summed E-state index contributed by atoms with van der Waals surface area (Å²) in [5.41, 5.74) is 0.143. The van der Waals surface area contributed by atoms with Crippen molar-refractivity contribution in [2.75, 3.05) is 0 Å². The van der Waals surface area contributed by atoms with Gasteiger partial charge in [-0.2, -0.15) is 8.42 Å². The van der Waals surface area contributed by atoms with Gasteiger partial charge in [-0.05, 0) is 30.4 Å². The van der Waals surface area contributed by atoms with E-state index in [1.165, 1.54) is 6.07 Å². The van der Waals surface area contributed by atoms with Crippen LogP contribution in [-0.4, -0.2) is 18.4 Å². The Labute approximate surface area is 86.5 Å². The topological polar surface area (TPSA) is 105 Å². The third kappa shape index (κ3) is 1.75. The summed E-state index contributed by atoms with van der Waals surface area (Å²) in [6, 6.07) is 1.47. The molecule has 0 aromatic carbocycles. The highest BCUT2D eigenvalue weighted by atomic mass is 32.2. The summed E-state index contributed by atoms with van der Waals surface area (Å²) in [6.45, 7) is 0. The van der Waals surface area contributed by atoms with E-state index in [0.717, 1.165) is 19.0 Å². The Morgan fingerprint density at radius 3 is 2.53 bits per heavy atom. The van der Waals surface area contributed by atoms with E-state index in [4.69, 9.17) is 5.14 Å². The third-order valence-corrected chi connectivity index (χ3v) is 3.22. The fourth-order valence-corrected chi connectivity index (χ4v) is 2.24. The van der Waals surface area contributed by atoms with Gasteiger partial charge in [0.1, 0.15) is 0 Å². The first kappa shape index (κ1) is 10.2. The van der Waals surface area contributed by atoms with Gasteiger partial charge in [0, 0.05) is 6.20 Å². The molecule has 0 unspecified atom stereocenters. The van der Waals surface area contributed by atoms with E-state index in [1.54, 1.807) is 0 Å². The smallest absolute Gasteiger partial charge is 0.302 e. The van der Waals surface area contributed by atoms with E-state index in [-0.39, 0.29) is 11.6 Å². The van der Waals surface area contributed by atoms with Gasteiger partial charge in [-0.15, -0.1) is 0 Å². The van der Waals surface area contributed by atoms with Crippen LogP contribution in [0, 0.1) is 0 Å². The Kier molecular flexibility index (Phi) is 2.09. The molecule has 0 saturated heterocycles. The summed E-state index contributed by atoms with van der Waals surface area (Å²) in [5.74, 6) is -1.39. The van der Waals surface area contributed by atoms with Gasteiger partial charge in [0.25, 0.3) is 0 Å². The van der Waals surface area contributed by atoms with Crippen LogP contribution in [0.3, 0.4) is 0 Å². The molecule has 82 valence electrons. The van der Waals surface area contributed by atoms with E-state index < -0.39 is 16.2 Å². The summed E-state index contributed by atoms with van der Waals surface area (Å²) in [7, 11) is -4.07. The molecule has 0 radical (unpaired) electrons. The van der Waals surface area contributed by atoms with Crippen LogP contribution in [0.25, 0.3) is 0 Å². The number of aromatic carboxylic acids is 1. The Morgan fingerprint density at radius 2 is 2.13 bits per heavy atom. The highest BCUT2D eigenvalue weighted by molar-refractivity contribution is 7.87. The Morgan fingerprint density at radius 1 is 1.53 bits per heavy atom. The Hall–Kier alpha value is -1.34. The molecule has 1 aromatic rings. The summed E-state index contributed by atoms with van der Waals surface area (Å²) >= 11 is 0. The van der Waals surface area contributed by atoms with Gasteiger partial charge in [0.05, 0.1) is 11.7 Å². The van der Waals surface area contributed by atoms with Crippen LogP contribution in [-0.2, 0) is 10.2 Å². The van der Waals surface area contributed by atoms with Gasteiger partial charge in [-0.1, -0.05) is 0 Å². The summed E-state index contributed by atoms with van der Waals surface area (Å²) < 4.78 is 22.7. The zero-order valence-electron chi connectivity index (χ0n) is 7.71. The van der Waals surface area contributed by atoms with Crippen LogP contribution in [0.2, 0.25) is 0 Å². The van der Waals surface area contributed by atoms with Crippen molar-refractivity contribution in [1.29, 1.82) is 0 Å². The lowest BCUT2D eigenvalue weighted by Gasteiger charge is -2.09. The number of nitrogens with two attached hydrogens (primary N) is 1. The van der Waals surface area contributed by atoms with Crippen LogP contribution in [0.5, 0.6) is 0 Å². The molecule has 1 aromatic heterocycles. The van der Waals surface area contributed by atoms with Crippen molar-refractivity contribution in [2.24, 2.45) is 5.14 Å². The molecule has 1 fully saturated rings. The minimum Gasteiger partial charge on any atom is -0.543 e. The summed E-state index contributed by atoms with van der Waals surface area (Å²) in [6.07, 6.45) is 2.89. The lowest BCUT2D eigenvalue weighted by atomic mass is 10.1. The standard InChI is InChI=1S/C8H10N2O4S/c9-15(13,14)10-4-3-6(5-1-2-5)7(10)8(11)12/h3-5H,1-2H2,(H,11,12)(H2,9,13,14)/p-1. The maximum atomic E-state index is 11.1. The quantitative estimate of drug-likeness (QED) is 0.701. The number of carbonyl (C=O) groups excluding carboxylic acids is 1. The molecule has 1 aliphatic rings. The summed E-state index contributed by atoms with van der Waals surface area (Å²) in [5, 5.41) is 15.7. The van der Waals surface area contributed by atoms with Gasteiger partial charge < -0.3 is 9.90 Å². The van der Waals surface area contributed by atoms with Gasteiger partial charge in [-0.3, -0.25) is 0 Å². The molecule has 6 nitrogen and oxygen atoms in total. The second-order valence-electron chi connectivity index (χ2n) is 3.52. The molecule has 0 atom stereocenters. The van der Waals surface area contributed by atoms with Crippen LogP contribution in [0.15, 0.2) is 12.3 Å². The number of carbonyl (C=O) groups is 1. The number of aromatic nitrogens is 1. The summed E-state index contributed by atoms with van der Waals surface area (Å²) in [4.78, 5) is 10.8. The minimum atomic E-state index is -4.07. The number of carboxylic acid groups (broad SMARTS) is 1. The number of carboxylic acids is 1. The zero-order valence-corrected chi connectivity index (χ0v) is 8.53. The van der Waals surface area contributed by atoms with Crippen molar-refractivity contribution in [1.82, 2.24) is 3.97 Å². The molecule has 1 saturated carbocycles. The number of nitrogens with zero attached hydrogens (tertiary/aromatic N) is 1. The molecular weight excluding hydrogens is 220 g/mol. The largest absolute Gasteiger partial charge is 0.543 e. The highest BCUT2D eigenvalue weighted by Crippen LogP contribution is 2.42. The van der Waals surface area contributed by atoms with Crippen LogP contribution in [0.1, 0.15) is 34.8 Å². The normalized spacial score (nSPS) is 16.6. The first-order chi connectivity index (χ1) is 6.91. The fraction of sp³-hybridized carbons (Fsp3) is 0.375. The Bertz CT molecular complexity index is 513. The molecule has 0 spiro atoms. The first-order valence-corrected chi connectivity index (χ1v) is 5.87. The van der Waals surface area contributed by atoms with Crippen molar-refractivity contribution in [2.45, 2.75) is 18.8 Å². The second kappa shape index (κ2) is 3.07. The maximum absolute atomic E-state index is 11.1.